The lowest BCUT2D eigenvalue weighted by molar-refractivity contribution is -0.120. The summed E-state index contributed by atoms with van der Waals surface area (Å²) in [5.41, 5.74) is 2.87. The Labute approximate surface area is 177 Å². The monoisotopic (exact) mass is 427 g/mol. The van der Waals surface area contributed by atoms with E-state index in [1.165, 1.54) is 11.2 Å². The molecule has 3 aromatic rings. The van der Waals surface area contributed by atoms with Crippen LogP contribution >= 0.6 is 11.3 Å². The zero-order chi connectivity index (χ0) is 20.9. The van der Waals surface area contributed by atoms with Crippen molar-refractivity contribution in [1.82, 2.24) is 15.2 Å². The zero-order valence-electron chi connectivity index (χ0n) is 16.3. The molecule has 0 spiro atoms. The number of oxazole rings is 1. The number of hydrogen-bond acceptors (Lipinski definition) is 5. The molecule has 1 saturated heterocycles. The van der Waals surface area contributed by atoms with Crippen LogP contribution < -0.4 is 5.32 Å². The number of halogens is 1. The van der Waals surface area contributed by atoms with Crippen LogP contribution in [0.15, 0.2) is 51.8 Å². The minimum absolute atomic E-state index is 0.0263. The summed E-state index contributed by atoms with van der Waals surface area (Å²) in [4.78, 5) is 30.3. The van der Waals surface area contributed by atoms with E-state index in [-0.39, 0.29) is 24.1 Å². The lowest BCUT2D eigenvalue weighted by atomic mass is 10.1. The summed E-state index contributed by atoms with van der Waals surface area (Å²) in [6.07, 6.45) is 1.86. The summed E-state index contributed by atoms with van der Waals surface area (Å²) in [5.74, 6) is -0.000862. The van der Waals surface area contributed by atoms with Gasteiger partial charge in [0, 0.05) is 18.7 Å². The van der Waals surface area contributed by atoms with Gasteiger partial charge in [0.05, 0.1) is 13.0 Å². The summed E-state index contributed by atoms with van der Waals surface area (Å²) in [5, 5.41) is 6.82. The molecule has 6 nitrogen and oxygen atoms in total. The number of aromatic nitrogens is 1. The van der Waals surface area contributed by atoms with E-state index in [0.717, 1.165) is 16.7 Å². The third kappa shape index (κ3) is 4.94. The van der Waals surface area contributed by atoms with E-state index in [0.29, 0.717) is 38.2 Å². The molecule has 8 heteroatoms. The van der Waals surface area contributed by atoms with Gasteiger partial charge in [0.25, 0.3) is 5.91 Å². The Morgan fingerprint density at radius 1 is 1.23 bits per heavy atom. The van der Waals surface area contributed by atoms with Crippen molar-refractivity contribution in [3.8, 4) is 11.5 Å². The van der Waals surface area contributed by atoms with E-state index < -0.39 is 6.17 Å². The molecule has 0 bridgehead atoms. The highest BCUT2D eigenvalue weighted by Crippen LogP contribution is 2.21. The second-order valence-electron chi connectivity index (χ2n) is 7.31. The van der Waals surface area contributed by atoms with Crippen molar-refractivity contribution in [3.05, 3.63) is 64.2 Å². The maximum atomic E-state index is 13.6. The summed E-state index contributed by atoms with van der Waals surface area (Å²) in [7, 11) is 0. The molecule has 1 unspecified atom stereocenters. The molecule has 1 aromatic carbocycles. The number of rotatable bonds is 6. The minimum Gasteiger partial charge on any atom is -0.444 e. The van der Waals surface area contributed by atoms with Gasteiger partial charge in [-0.25, -0.2) is 9.37 Å². The van der Waals surface area contributed by atoms with E-state index in [9.17, 15) is 14.0 Å². The number of nitrogens with one attached hydrogen (secondary N) is 1. The first kappa shape index (κ1) is 20.3. The summed E-state index contributed by atoms with van der Waals surface area (Å²) in [6.45, 7) is 1.07. The molecule has 1 atom stereocenters. The van der Waals surface area contributed by atoms with Gasteiger partial charge in [-0.15, -0.1) is 0 Å². The molecule has 2 amide bonds. The van der Waals surface area contributed by atoms with Crippen LogP contribution in [0.1, 0.15) is 34.5 Å². The Morgan fingerprint density at radius 2 is 2.07 bits per heavy atom. The smallest absolute Gasteiger partial charge is 0.275 e. The van der Waals surface area contributed by atoms with Gasteiger partial charge in [-0.05, 0) is 52.9 Å². The Morgan fingerprint density at radius 3 is 2.80 bits per heavy atom. The average molecular weight is 428 g/mol. The third-order valence-corrected chi connectivity index (χ3v) is 5.74. The fourth-order valence-corrected chi connectivity index (χ4v) is 4.05. The van der Waals surface area contributed by atoms with Crippen molar-refractivity contribution in [2.75, 3.05) is 13.1 Å². The number of likely N-dealkylation sites (tertiary alicyclic amines) is 1. The van der Waals surface area contributed by atoms with Crippen LogP contribution in [0.3, 0.4) is 0 Å². The van der Waals surface area contributed by atoms with Crippen molar-refractivity contribution in [2.45, 2.75) is 32.0 Å². The van der Waals surface area contributed by atoms with Crippen LogP contribution in [0.5, 0.6) is 0 Å². The maximum Gasteiger partial charge on any atom is 0.275 e. The zero-order valence-corrected chi connectivity index (χ0v) is 17.2. The molecule has 4 rings (SSSR count). The highest BCUT2D eigenvalue weighted by Gasteiger charge is 2.26. The standard InChI is InChI=1S/C22H22FN3O3S/c23-18-2-1-8-26(12-18)22(28)19-13-29-21(25-19)17-5-3-15(4-6-17)11-24-20(27)10-16-7-9-30-14-16/h3-7,9,13-14,18H,1-2,8,10-12H2,(H,24,27). The third-order valence-electron chi connectivity index (χ3n) is 5.01. The van der Waals surface area contributed by atoms with E-state index in [2.05, 4.69) is 10.3 Å². The van der Waals surface area contributed by atoms with Gasteiger partial charge in [0.2, 0.25) is 11.8 Å². The van der Waals surface area contributed by atoms with Crippen molar-refractivity contribution in [3.63, 3.8) is 0 Å². The molecule has 2 aromatic heterocycles. The quantitative estimate of drug-likeness (QED) is 0.649. The fourth-order valence-electron chi connectivity index (χ4n) is 3.38. The number of thiophene rings is 1. The van der Waals surface area contributed by atoms with Gasteiger partial charge in [-0.2, -0.15) is 11.3 Å². The van der Waals surface area contributed by atoms with Gasteiger partial charge in [-0.3, -0.25) is 9.59 Å². The van der Waals surface area contributed by atoms with E-state index in [1.807, 2.05) is 41.1 Å². The summed E-state index contributed by atoms with van der Waals surface area (Å²) in [6, 6.07) is 9.36. The highest BCUT2D eigenvalue weighted by atomic mass is 32.1. The Balaban J connectivity index is 1.34. The first-order valence-corrected chi connectivity index (χ1v) is 10.8. The Hall–Kier alpha value is -3.00. The van der Waals surface area contributed by atoms with Crippen LogP contribution in [0.4, 0.5) is 4.39 Å². The van der Waals surface area contributed by atoms with Crippen molar-refractivity contribution in [1.29, 1.82) is 0 Å². The predicted molar refractivity (Wildman–Crippen MR) is 112 cm³/mol. The minimum atomic E-state index is -0.979. The van der Waals surface area contributed by atoms with Gasteiger partial charge >= 0.3 is 0 Å². The van der Waals surface area contributed by atoms with Crippen molar-refractivity contribution < 1.29 is 18.4 Å². The Bertz CT molecular complexity index is 1000. The van der Waals surface area contributed by atoms with Gasteiger partial charge in [0.15, 0.2) is 5.69 Å². The molecule has 0 radical (unpaired) electrons. The van der Waals surface area contributed by atoms with E-state index in [1.54, 1.807) is 11.3 Å². The lowest BCUT2D eigenvalue weighted by Gasteiger charge is -2.28. The topological polar surface area (TPSA) is 75.4 Å². The molecular formula is C22H22FN3O3S. The van der Waals surface area contributed by atoms with E-state index >= 15 is 0 Å². The first-order chi connectivity index (χ1) is 14.6. The molecule has 30 heavy (non-hydrogen) atoms. The molecule has 156 valence electrons. The molecule has 1 aliphatic rings. The predicted octanol–water partition coefficient (Wildman–Crippen LogP) is 3.84. The van der Waals surface area contributed by atoms with Crippen molar-refractivity contribution in [2.24, 2.45) is 0 Å². The molecular weight excluding hydrogens is 405 g/mol. The Kier molecular flexibility index (Phi) is 6.23. The van der Waals surface area contributed by atoms with Crippen LogP contribution in [-0.4, -0.2) is 41.0 Å². The second kappa shape index (κ2) is 9.21. The molecule has 1 fully saturated rings. The van der Waals surface area contributed by atoms with Crippen LogP contribution in [-0.2, 0) is 17.8 Å². The largest absolute Gasteiger partial charge is 0.444 e. The van der Waals surface area contributed by atoms with Crippen LogP contribution in [0.25, 0.3) is 11.5 Å². The van der Waals surface area contributed by atoms with Gasteiger partial charge in [-0.1, -0.05) is 12.1 Å². The van der Waals surface area contributed by atoms with Crippen LogP contribution in [0.2, 0.25) is 0 Å². The average Bonchev–Trinajstić information content (AvgIpc) is 3.44. The summed E-state index contributed by atoms with van der Waals surface area (Å²) >= 11 is 1.57. The van der Waals surface area contributed by atoms with Gasteiger partial charge < -0.3 is 14.6 Å². The van der Waals surface area contributed by atoms with Gasteiger partial charge in [0.1, 0.15) is 12.4 Å². The number of piperidine rings is 1. The summed E-state index contributed by atoms with van der Waals surface area (Å²) < 4.78 is 19.0. The normalized spacial score (nSPS) is 16.4. The van der Waals surface area contributed by atoms with Crippen molar-refractivity contribution >= 4 is 23.2 Å². The highest BCUT2D eigenvalue weighted by molar-refractivity contribution is 7.08. The molecule has 1 aliphatic heterocycles. The number of benzene rings is 1. The van der Waals surface area contributed by atoms with E-state index in [4.69, 9.17) is 4.42 Å². The number of carbonyl (C=O) groups excluding carboxylic acids is 2. The number of nitrogens with zero attached hydrogens (tertiary/aromatic N) is 2. The fraction of sp³-hybridized carbons (Fsp3) is 0.318. The van der Waals surface area contributed by atoms with Crippen LogP contribution in [0, 0.1) is 0 Å². The number of hydrogen-bond donors (Lipinski definition) is 1. The molecule has 1 N–H and O–H groups in total. The molecule has 0 aliphatic carbocycles. The second-order valence-corrected chi connectivity index (χ2v) is 8.09. The number of alkyl halides is 1. The first-order valence-electron chi connectivity index (χ1n) is 9.84. The number of amides is 2. The number of carbonyl (C=O) groups is 2. The maximum absolute atomic E-state index is 13.6. The SMILES string of the molecule is O=C(Cc1ccsc1)NCc1ccc(-c2nc(C(=O)N3CCCC(F)C3)co2)cc1. The lowest BCUT2D eigenvalue weighted by Crippen LogP contribution is -2.40. The molecule has 0 saturated carbocycles. The molecule has 3 heterocycles.